The second kappa shape index (κ2) is 5.86. The van der Waals surface area contributed by atoms with Crippen LogP contribution in [0.5, 0.6) is 0 Å². The molecule has 1 saturated heterocycles. The molecule has 1 heterocycles. The van der Waals surface area contributed by atoms with E-state index in [1.54, 1.807) is 0 Å². The Hall–Kier alpha value is -1.56. The summed E-state index contributed by atoms with van der Waals surface area (Å²) in [5, 5.41) is 10.9. The van der Waals surface area contributed by atoms with Crippen molar-refractivity contribution >= 4 is 23.4 Å². The fourth-order valence-corrected chi connectivity index (χ4v) is 2.91. The molecule has 1 aliphatic rings. The summed E-state index contributed by atoms with van der Waals surface area (Å²) in [6.45, 7) is 0.417. The summed E-state index contributed by atoms with van der Waals surface area (Å²) in [7, 11) is 0. The van der Waals surface area contributed by atoms with E-state index in [0.29, 0.717) is 17.4 Å². The van der Waals surface area contributed by atoms with E-state index >= 15 is 0 Å². The van der Waals surface area contributed by atoms with Crippen LogP contribution in [0.25, 0.3) is 0 Å². The summed E-state index contributed by atoms with van der Waals surface area (Å²) in [5.74, 6) is 0.706. The van der Waals surface area contributed by atoms with Gasteiger partial charge in [-0.3, -0.25) is 10.1 Å². The molecule has 0 spiro atoms. The van der Waals surface area contributed by atoms with Crippen LogP contribution in [-0.2, 0) is 4.74 Å². The van der Waals surface area contributed by atoms with Gasteiger partial charge >= 0.3 is 5.97 Å². The van der Waals surface area contributed by atoms with E-state index in [4.69, 9.17) is 4.74 Å². The van der Waals surface area contributed by atoms with Crippen LogP contribution in [0.1, 0.15) is 23.2 Å². The second-order valence-electron chi connectivity index (χ2n) is 4.04. The first kappa shape index (κ1) is 12.9. The maximum absolute atomic E-state index is 11.7. The fraction of sp³-hybridized carbons (Fsp3) is 0.417. The number of thioether (sulfide) groups is 1. The monoisotopic (exact) mass is 267 g/mol. The van der Waals surface area contributed by atoms with E-state index in [9.17, 15) is 14.9 Å². The van der Waals surface area contributed by atoms with Crippen molar-refractivity contribution < 1.29 is 14.5 Å². The number of carbonyl (C=O) groups excluding carboxylic acids is 1. The predicted molar refractivity (Wildman–Crippen MR) is 68.9 cm³/mol. The molecule has 1 aromatic carbocycles. The fourth-order valence-electron chi connectivity index (χ4n) is 1.75. The summed E-state index contributed by atoms with van der Waals surface area (Å²) >= 11 is 1.82. The molecule has 0 aromatic heterocycles. The maximum atomic E-state index is 11.7. The van der Waals surface area contributed by atoms with Crippen LogP contribution in [-0.4, -0.2) is 28.5 Å². The van der Waals surface area contributed by atoms with Crippen LogP contribution in [0.15, 0.2) is 24.3 Å². The number of nitro benzene ring substituents is 1. The third-order valence-corrected chi connectivity index (χ3v) is 4.11. The van der Waals surface area contributed by atoms with E-state index in [2.05, 4.69) is 0 Å². The highest BCUT2D eigenvalue weighted by Crippen LogP contribution is 2.26. The van der Waals surface area contributed by atoms with Crippen molar-refractivity contribution in [2.24, 2.45) is 0 Å². The zero-order chi connectivity index (χ0) is 13.0. The minimum atomic E-state index is -0.496. The molecule has 0 saturated carbocycles. The van der Waals surface area contributed by atoms with Crippen molar-refractivity contribution in [3.63, 3.8) is 0 Å². The average molecular weight is 267 g/mol. The van der Waals surface area contributed by atoms with E-state index in [-0.39, 0.29) is 5.69 Å². The quantitative estimate of drug-likeness (QED) is 0.476. The van der Waals surface area contributed by atoms with Crippen LogP contribution >= 0.6 is 11.8 Å². The molecule has 0 aliphatic carbocycles. The average Bonchev–Trinajstić information content (AvgIpc) is 2.89. The van der Waals surface area contributed by atoms with Gasteiger partial charge in [-0.1, -0.05) is 0 Å². The third-order valence-electron chi connectivity index (χ3n) is 2.74. The standard InChI is InChI=1S/C12H13NO4S/c14-12(17-8-11-2-1-7-18-11)9-3-5-10(6-4-9)13(15)16/h3-6,11H,1-2,7-8H2. The summed E-state index contributed by atoms with van der Waals surface area (Å²) in [4.78, 5) is 21.7. The van der Waals surface area contributed by atoms with Gasteiger partial charge < -0.3 is 4.74 Å². The van der Waals surface area contributed by atoms with Gasteiger partial charge in [0.2, 0.25) is 0 Å². The summed E-state index contributed by atoms with van der Waals surface area (Å²) in [6, 6.07) is 5.45. The summed E-state index contributed by atoms with van der Waals surface area (Å²) in [5.41, 5.74) is 0.321. The number of esters is 1. The third kappa shape index (κ3) is 3.22. The van der Waals surface area contributed by atoms with Gasteiger partial charge in [0.05, 0.1) is 10.5 Å². The minimum absolute atomic E-state index is 0.0297. The predicted octanol–water partition coefficient (Wildman–Crippen LogP) is 2.65. The molecule has 1 atom stereocenters. The molecule has 6 heteroatoms. The van der Waals surface area contributed by atoms with E-state index in [0.717, 1.165) is 12.2 Å². The largest absolute Gasteiger partial charge is 0.461 e. The molecule has 18 heavy (non-hydrogen) atoms. The number of hydrogen-bond acceptors (Lipinski definition) is 5. The lowest BCUT2D eigenvalue weighted by atomic mass is 10.2. The SMILES string of the molecule is O=C(OCC1CCCS1)c1ccc([N+](=O)[O-])cc1. The lowest BCUT2D eigenvalue weighted by molar-refractivity contribution is -0.384. The Morgan fingerprint density at radius 1 is 1.44 bits per heavy atom. The molecule has 96 valence electrons. The molecule has 0 bridgehead atoms. The lowest BCUT2D eigenvalue weighted by Crippen LogP contribution is -2.13. The molecule has 0 radical (unpaired) electrons. The molecular weight excluding hydrogens is 254 g/mol. The number of nitrogens with zero attached hydrogens (tertiary/aromatic N) is 1. The molecule has 0 N–H and O–H groups in total. The normalized spacial score (nSPS) is 18.6. The van der Waals surface area contributed by atoms with Crippen molar-refractivity contribution in [2.45, 2.75) is 18.1 Å². The maximum Gasteiger partial charge on any atom is 0.338 e. The van der Waals surface area contributed by atoms with Gasteiger partial charge in [-0.25, -0.2) is 4.79 Å². The van der Waals surface area contributed by atoms with Gasteiger partial charge in [0, 0.05) is 17.4 Å². The number of ether oxygens (including phenoxy) is 1. The van der Waals surface area contributed by atoms with E-state index in [1.807, 2.05) is 11.8 Å². The van der Waals surface area contributed by atoms with Gasteiger partial charge in [-0.05, 0) is 30.7 Å². The van der Waals surface area contributed by atoms with Crippen LogP contribution in [0, 0.1) is 10.1 Å². The number of nitro groups is 1. The Bertz CT molecular complexity index is 440. The Morgan fingerprint density at radius 2 is 2.17 bits per heavy atom. The topological polar surface area (TPSA) is 69.4 Å². The van der Waals surface area contributed by atoms with Gasteiger partial charge in [0.1, 0.15) is 6.61 Å². The Kier molecular flexibility index (Phi) is 4.19. The highest BCUT2D eigenvalue weighted by atomic mass is 32.2. The van der Waals surface area contributed by atoms with E-state index in [1.165, 1.54) is 30.7 Å². The molecular formula is C12H13NO4S. The Labute approximate surface area is 109 Å². The zero-order valence-electron chi connectivity index (χ0n) is 9.70. The molecule has 1 fully saturated rings. The van der Waals surface area contributed by atoms with Crippen molar-refractivity contribution in [1.29, 1.82) is 0 Å². The highest BCUT2D eigenvalue weighted by Gasteiger charge is 2.18. The molecule has 0 amide bonds. The first-order chi connectivity index (χ1) is 8.66. The van der Waals surface area contributed by atoms with Crippen molar-refractivity contribution in [2.75, 3.05) is 12.4 Å². The molecule has 5 nitrogen and oxygen atoms in total. The van der Waals surface area contributed by atoms with Crippen LogP contribution in [0.4, 0.5) is 5.69 Å². The molecule has 1 aromatic rings. The zero-order valence-corrected chi connectivity index (χ0v) is 10.5. The number of non-ortho nitro benzene ring substituents is 1. The molecule has 1 unspecified atom stereocenters. The van der Waals surface area contributed by atoms with Crippen molar-refractivity contribution in [3.05, 3.63) is 39.9 Å². The lowest BCUT2D eigenvalue weighted by Gasteiger charge is -2.09. The van der Waals surface area contributed by atoms with E-state index < -0.39 is 10.9 Å². The van der Waals surface area contributed by atoms with Gasteiger partial charge in [0.15, 0.2) is 0 Å². The Balaban J connectivity index is 1.89. The Morgan fingerprint density at radius 3 is 2.72 bits per heavy atom. The van der Waals surface area contributed by atoms with Crippen LogP contribution in [0.3, 0.4) is 0 Å². The smallest absolute Gasteiger partial charge is 0.338 e. The number of benzene rings is 1. The second-order valence-corrected chi connectivity index (χ2v) is 5.45. The number of rotatable bonds is 4. The summed E-state index contributed by atoms with van der Waals surface area (Å²) in [6.07, 6.45) is 2.25. The van der Waals surface area contributed by atoms with Crippen LogP contribution in [0.2, 0.25) is 0 Å². The van der Waals surface area contributed by atoms with Gasteiger partial charge in [0.25, 0.3) is 5.69 Å². The van der Waals surface area contributed by atoms with Crippen LogP contribution < -0.4 is 0 Å². The minimum Gasteiger partial charge on any atom is -0.461 e. The first-order valence-corrected chi connectivity index (χ1v) is 6.75. The number of hydrogen-bond donors (Lipinski definition) is 0. The highest BCUT2D eigenvalue weighted by molar-refractivity contribution is 8.00. The first-order valence-electron chi connectivity index (χ1n) is 5.70. The molecule has 2 rings (SSSR count). The van der Waals surface area contributed by atoms with Crippen molar-refractivity contribution in [3.8, 4) is 0 Å². The molecule has 1 aliphatic heterocycles. The number of carbonyl (C=O) groups is 1. The van der Waals surface area contributed by atoms with Gasteiger partial charge in [-0.15, -0.1) is 0 Å². The van der Waals surface area contributed by atoms with Crippen molar-refractivity contribution in [1.82, 2.24) is 0 Å². The van der Waals surface area contributed by atoms with Gasteiger partial charge in [-0.2, -0.15) is 11.8 Å². The summed E-state index contributed by atoms with van der Waals surface area (Å²) < 4.78 is 5.18.